The molecule has 0 fully saturated rings. The monoisotopic (exact) mass is 170 g/mol. The molecule has 11 heavy (non-hydrogen) atoms. The average molecular weight is 170 g/mol. The quantitative estimate of drug-likeness (QED) is 0.671. The van der Waals surface area contributed by atoms with Crippen molar-refractivity contribution in [3.63, 3.8) is 0 Å². The Bertz CT molecular complexity index is 114. The molecule has 0 aliphatic rings. The molecule has 0 heterocycles. The van der Waals surface area contributed by atoms with E-state index in [1.165, 1.54) is 7.05 Å². The third-order valence-electron chi connectivity index (χ3n) is 0.788. The number of nitrogens with zero attached hydrogens (tertiary/aromatic N) is 1. The van der Waals surface area contributed by atoms with E-state index >= 15 is 0 Å². The van der Waals surface area contributed by atoms with Gasteiger partial charge >= 0.3 is 6.03 Å². The van der Waals surface area contributed by atoms with Gasteiger partial charge in [0.2, 0.25) is 0 Å². The fraction of sp³-hybridized carbons (Fsp3) is 0.833. The summed E-state index contributed by atoms with van der Waals surface area (Å²) in [4.78, 5) is 10.8. The van der Waals surface area contributed by atoms with Gasteiger partial charge in [-0.3, -0.25) is 0 Å². The van der Waals surface area contributed by atoms with Gasteiger partial charge in [0, 0.05) is 8.47 Å². The van der Waals surface area contributed by atoms with Crippen LogP contribution in [0.1, 0.15) is 15.3 Å². The summed E-state index contributed by atoms with van der Waals surface area (Å²) in [7, 11) is 1.22. The van der Waals surface area contributed by atoms with Crippen LogP contribution in [0.25, 0.3) is 0 Å². The molecule has 0 aromatic heterocycles. The van der Waals surface area contributed by atoms with Gasteiger partial charge < -0.3 is 10.6 Å². The maximum Gasteiger partial charge on any atom is 0.314 e. The number of urea groups is 1. The van der Waals surface area contributed by atoms with Gasteiger partial charge in [0.1, 0.15) is 0 Å². The highest BCUT2D eigenvalue weighted by molar-refractivity contribution is 5.71. The average Bonchev–Trinajstić information content (AvgIpc) is 1.90. The lowest BCUT2D eigenvalue weighted by Crippen LogP contribution is -2.35. The van der Waals surface area contributed by atoms with Crippen molar-refractivity contribution in [3.8, 4) is 0 Å². The molecule has 0 rings (SSSR count). The van der Waals surface area contributed by atoms with Crippen LogP contribution in [0.15, 0.2) is 0 Å². The molecule has 0 aliphatic heterocycles. The molecule has 0 radical (unpaired) electrons. The second-order valence-corrected chi connectivity index (χ2v) is 1.61. The lowest BCUT2D eigenvalue weighted by Gasteiger charge is -2.11. The van der Waals surface area contributed by atoms with Crippen LogP contribution in [0.4, 0.5) is 13.6 Å². The summed E-state index contributed by atoms with van der Waals surface area (Å²) in [5.41, 5.74) is 4.64. The van der Waals surface area contributed by atoms with Gasteiger partial charge in [-0.25, -0.2) is 13.6 Å². The highest BCUT2D eigenvalue weighted by Gasteiger charge is 2.09. The minimum atomic E-state index is -2.51. The molecule has 0 unspecified atom stereocenters. The normalized spacial score (nSPS) is 8.55. The number of alkyl halides is 2. The Labute approximate surface area is 66.6 Å². The Morgan fingerprint density at radius 1 is 1.64 bits per heavy atom. The fourth-order valence-electron chi connectivity index (χ4n) is 0.297. The second-order valence-electron chi connectivity index (χ2n) is 1.61. The molecule has 3 nitrogen and oxygen atoms in total. The van der Waals surface area contributed by atoms with E-state index in [2.05, 4.69) is 5.73 Å². The molecule has 0 aliphatic carbocycles. The van der Waals surface area contributed by atoms with E-state index in [1.54, 1.807) is 0 Å². The molecule has 0 bridgehead atoms. The minimum absolute atomic E-state index is 0. The first kappa shape index (κ1) is 12.8. The van der Waals surface area contributed by atoms with Crippen LogP contribution < -0.4 is 5.73 Å². The largest absolute Gasteiger partial charge is 0.351 e. The lowest BCUT2D eigenvalue weighted by molar-refractivity contribution is 0.110. The van der Waals surface area contributed by atoms with E-state index in [-0.39, 0.29) is 1.43 Å². The highest BCUT2D eigenvalue weighted by Crippen LogP contribution is 1.93. The number of halogens is 2. The summed E-state index contributed by atoms with van der Waals surface area (Å²) in [5.74, 6) is 0. The summed E-state index contributed by atoms with van der Waals surface area (Å²) >= 11 is 0. The first-order chi connectivity index (χ1) is 5.04. The highest BCUT2D eigenvalue weighted by atomic mass is 19.3. The van der Waals surface area contributed by atoms with Crippen molar-refractivity contribution in [2.75, 3.05) is 13.6 Å². The maximum absolute atomic E-state index is 11.4. The van der Waals surface area contributed by atoms with E-state index in [9.17, 15) is 13.6 Å². The van der Waals surface area contributed by atoms with E-state index in [4.69, 9.17) is 0 Å². The van der Waals surface area contributed by atoms with Crippen LogP contribution in [0, 0.1) is 0 Å². The van der Waals surface area contributed by atoms with Crippen LogP contribution in [-0.2, 0) is 0 Å². The van der Waals surface area contributed by atoms with E-state index in [0.29, 0.717) is 0 Å². The topological polar surface area (TPSA) is 46.3 Å². The van der Waals surface area contributed by atoms with Crippen LogP contribution in [0.2, 0.25) is 0 Å². The van der Waals surface area contributed by atoms with Crippen LogP contribution >= 0.6 is 0 Å². The molecule has 0 atom stereocenters. The third-order valence-corrected chi connectivity index (χ3v) is 0.788. The van der Waals surface area contributed by atoms with Crippen molar-refractivity contribution >= 4 is 6.03 Å². The standard InChI is InChI=1S/C4H8F2N2O.C2H6.H2/c1-8(4(7)9)2-3(5)6;1-2;/h3H,2H2,1H3,(H2,7,9);1-2H3;1H. The molecular weight excluding hydrogens is 154 g/mol. The summed E-state index contributed by atoms with van der Waals surface area (Å²) < 4.78 is 22.8. The van der Waals surface area contributed by atoms with Gasteiger partial charge in [-0.2, -0.15) is 0 Å². The predicted octanol–water partition coefficient (Wildman–Crippen LogP) is 1.53. The van der Waals surface area contributed by atoms with Crippen molar-refractivity contribution in [1.29, 1.82) is 0 Å². The van der Waals surface area contributed by atoms with Gasteiger partial charge in [0.05, 0.1) is 6.54 Å². The summed E-state index contributed by atoms with van der Waals surface area (Å²) in [6, 6.07) is -0.838. The molecule has 0 aromatic rings. The molecule has 0 spiro atoms. The molecule has 0 aromatic carbocycles. The van der Waals surface area contributed by atoms with Crippen molar-refractivity contribution in [3.05, 3.63) is 0 Å². The van der Waals surface area contributed by atoms with Gasteiger partial charge in [-0.15, -0.1) is 0 Å². The molecule has 2 N–H and O–H groups in total. The van der Waals surface area contributed by atoms with Gasteiger partial charge in [0.25, 0.3) is 6.43 Å². The SMILES string of the molecule is CC.CN(CC(F)F)C(N)=O.[HH]. The number of rotatable bonds is 2. The van der Waals surface area contributed by atoms with E-state index in [0.717, 1.165) is 4.90 Å². The van der Waals surface area contributed by atoms with Gasteiger partial charge in [0.15, 0.2) is 0 Å². The van der Waals surface area contributed by atoms with Gasteiger partial charge in [-0.1, -0.05) is 13.8 Å². The number of hydrogen-bond donors (Lipinski definition) is 1. The summed E-state index contributed by atoms with van der Waals surface area (Å²) in [6.07, 6.45) is -2.51. The van der Waals surface area contributed by atoms with E-state index in [1.807, 2.05) is 13.8 Å². The Morgan fingerprint density at radius 3 is 2.09 bits per heavy atom. The first-order valence-electron chi connectivity index (χ1n) is 3.32. The molecule has 70 valence electrons. The minimum Gasteiger partial charge on any atom is -0.351 e. The number of nitrogens with two attached hydrogens (primary N) is 1. The van der Waals surface area contributed by atoms with Crippen molar-refractivity contribution in [2.24, 2.45) is 5.73 Å². The van der Waals surface area contributed by atoms with E-state index < -0.39 is 19.0 Å². The number of carbonyl (C=O) groups is 1. The van der Waals surface area contributed by atoms with Crippen LogP contribution in [0.3, 0.4) is 0 Å². The zero-order chi connectivity index (χ0) is 9.44. The van der Waals surface area contributed by atoms with Gasteiger partial charge in [-0.05, 0) is 0 Å². The second kappa shape index (κ2) is 7.24. The number of carbonyl (C=O) groups excluding carboxylic acids is 1. The Balaban J connectivity index is -0.000000249. The van der Waals surface area contributed by atoms with Crippen LogP contribution in [-0.4, -0.2) is 30.9 Å². The Hall–Kier alpha value is -0.870. The first-order valence-corrected chi connectivity index (χ1v) is 3.32. The zero-order valence-corrected chi connectivity index (χ0v) is 6.97. The number of amides is 2. The molecule has 0 saturated heterocycles. The Kier molecular flexibility index (Phi) is 8.41. The fourth-order valence-corrected chi connectivity index (χ4v) is 0.297. The van der Waals surface area contributed by atoms with Crippen molar-refractivity contribution < 1.29 is 15.0 Å². The Morgan fingerprint density at radius 2 is 2.00 bits per heavy atom. The maximum atomic E-state index is 11.4. The summed E-state index contributed by atoms with van der Waals surface area (Å²) in [5, 5.41) is 0. The molecule has 2 amide bonds. The van der Waals surface area contributed by atoms with Crippen molar-refractivity contribution in [1.82, 2.24) is 4.90 Å². The third kappa shape index (κ3) is 9.13. The number of hydrogen-bond acceptors (Lipinski definition) is 1. The smallest absolute Gasteiger partial charge is 0.314 e. The summed E-state index contributed by atoms with van der Waals surface area (Å²) in [6.45, 7) is 3.40. The molecule has 5 heteroatoms. The molecule has 0 saturated carbocycles. The van der Waals surface area contributed by atoms with Crippen LogP contribution in [0.5, 0.6) is 0 Å². The van der Waals surface area contributed by atoms with Crippen molar-refractivity contribution in [2.45, 2.75) is 20.3 Å². The zero-order valence-electron chi connectivity index (χ0n) is 6.97. The predicted molar refractivity (Wildman–Crippen MR) is 41.7 cm³/mol. The number of primary amides is 1. The lowest BCUT2D eigenvalue weighted by atomic mass is 10.6. The molecular formula is C6H16F2N2O.